The van der Waals surface area contributed by atoms with E-state index in [9.17, 15) is 9.59 Å². The predicted molar refractivity (Wildman–Crippen MR) is 78.3 cm³/mol. The van der Waals surface area contributed by atoms with E-state index in [1.165, 1.54) is 4.57 Å². The molecule has 7 heteroatoms. The first-order valence-electron chi connectivity index (χ1n) is 7.25. The molecule has 1 aromatic heterocycles. The highest BCUT2D eigenvalue weighted by atomic mass is 16.4. The molecule has 0 atom stereocenters. The Labute approximate surface area is 123 Å². The number of hydrogen-bond donors (Lipinski definition) is 3. The van der Waals surface area contributed by atoms with Crippen LogP contribution in [0.2, 0.25) is 0 Å². The summed E-state index contributed by atoms with van der Waals surface area (Å²) in [5.41, 5.74) is 0.388. The number of aliphatic carboxylic acids is 1. The summed E-state index contributed by atoms with van der Waals surface area (Å²) in [6.07, 6.45) is 2.50. The van der Waals surface area contributed by atoms with Crippen LogP contribution < -0.4 is 10.6 Å². The van der Waals surface area contributed by atoms with Crippen molar-refractivity contribution < 1.29 is 14.7 Å². The van der Waals surface area contributed by atoms with Crippen LogP contribution in [0.3, 0.4) is 0 Å². The van der Waals surface area contributed by atoms with Gasteiger partial charge in [-0.1, -0.05) is 0 Å². The van der Waals surface area contributed by atoms with Crippen LogP contribution in [-0.2, 0) is 11.3 Å². The molecule has 1 aliphatic rings. The molecule has 2 rings (SSSR count). The number of hydrogen-bond acceptors (Lipinski definition) is 4. The lowest BCUT2D eigenvalue weighted by molar-refractivity contribution is -0.137. The van der Waals surface area contributed by atoms with Gasteiger partial charge in [0, 0.05) is 38.9 Å². The Kier molecular flexibility index (Phi) is 5.77. The molecule has 0 spiro atoms. The van der Waals surface area contributed by atoms with Crippen molar-refractivity contribution in [3.63, 3.8) is 0 Å². The van der Waals surface area contributed by atoms with Crippen molar-refractivity contribution in [3.05, 3.63) is 24.0 Å². The van der Waals surface area contributed by atoms with Crippen LogP contribution in [0.1, 0.15) is 16.9 Å². The quantitative estimate of drug-likeness (QED) is 0.596. The van der Waals surface area contributed by atoms with Gasteiger partial charge in [0.05, 0.1) is 0 Å². The molecule has 0 radical (unpaired) electrons. The highest BCUT2D eigenvalue weighted by molar-refractivity contribution is 5.93. The molecule has 3 N–H and O–H groups in total. The summed E-state index contributed by atoms with van der Waals surface area (Å²) in [6.45, 7) is 5.52. The Balaban J connectivity index is 1.71. The summed E-state index contributed by atoms with van der Waals surface area (Å²) in [5.74, 6) is -1.18. The SMILES string of the molecule is O=C(O)Cn1cccc1C(=O)NCCCN1CCNCC1. The van der Waals surface area contributed by atoms with E-state index in [1.54, 1.807) is 18.3 Å². The molecule has 0 aliphatic carbocycles. The summed E-state index contributed by atoms with van der Waals surface area (Å²) >= 11 is 0. The maximum absolute atomic E-state index is 12.0. The van der Waals surface area contributed by atoms with Gasteiger partial charge < -0.3 is 25.2 Å². The summed E-state index contributed by atoms with van der Waals surface area (Å²) in [7, 11) is 0. The third-order valence-corrected chi connectivity index (χ3v) is 3.51. The molecule has 2 heterocycles. The lowest BCUT2D eigenvalue weighted by atomic mass is 10.3. The number of nitrogens with zero attached hydrogens (tertiary/aromatic N) is 2. The predicted octanol–water partition coefficient (Wildman–Crippen LogP) is -0.402. The number of carbonyl (C=O) groups is 2. The van der Waals surface area contributed by atoms with Crippen molar-refractivity contribution in [2.75, 3.05) is 39.3 Å². The number of rotatable bonds is 7. The maximum Gasteiger partial charge on any atom is 0.323 e. The van der Waals surface area contributed by atoms with Gasteiger partial charge in [-0.15, -0.1) is 0 Å². The number of amides is 1. The molecule has 1 amide bonds. The van der Waals surface area contributed by atoms with Crippen LogP contribution in [0.25, 0.3) is 0 Å². The van der Waals surface area contributed by atoms with Crippen LogP contribution in [0.5, 0.6) is 0 Å². The topological polar surface area (TPSA) is 86.6 Å². The van der Waals surface area contributed by atoms with Crippen molar-refractivity contribution in [2.24, 2.45) is 0 Å². The molecule has 116 valence electrons. The molecule has 0 saturated carbocycles. The number of piperazine rings is 1. The first kappa shape index (κ1) is 15.5. The van der Waals surface area contributed by atoms with Crippen LogP contribution >= 0.6 is 0 Å². The van der Waals surface area contributed by atoms with Crippen LogP contribution in [-0.4, -0.2) is 65.7 Å². The van der Waals surface area contributed by atoms with Crippen molar-refractivity contribution in [1.82, 2.24) is 20.1 Å². The fourth-order valence-corrected chi connectivity index (χ4v) is 2.43. The normalized spacial score (nSPS) is 15.8. The molecule has 0 bridgehead atoms. The van der Waals surface area contributed by atoms with Crippen molar-refractivity contribution in [3.8, 4) is 0 Å². The van der Waals surface area contributed by atoms with Crippen molar-refractivity contribution in [1.29, 1.82) is 0 Å². The summed E-state index contributed by atoms with van der Waals surface area (Å²) in [6, 6.07) is 3.31. The van der Waals surface area contributed by atoms with E-state index in [0.717, 1.165) is 39.1 Å². The van der Waals surface area contributed by atoms with Crippen molar-refractivity contribution in [2.45, 2.75) is 13.0 Å². The largest absolute Gasteiger partial charge is 0.480 e. The van der Waals surface area contributed by atoms with Gasteiger partial charge in [0.1, 0.15) is 12.2 Å². The minimum absolute atomic E-state index is 0.198. The van der Waals surface area contributed by atoms with Crippen LogP contribution in [0, 0.1) is 0 Å². The number of aromatic nitrogens is 1. The Bertz CT molecular complexity index is 480. The molecular formula is C14H22N4O3. The zero-order valence-electron chi connectivity index (χ0n) is 12.0. The molecule has 0 aromatic carbocycles. The summed E-state index contributed by atoms with van der Waals surface area (Å²) in [5, 5.41) is 14.9. The molecule has 1 aliphatic heterocycles. The smallest absolute Gasteiger partial charge is 0.323 e. The first-order chi connectivity index (χ1) is 10.2. The number of carbonyl (C=O) groups excluding carboxylic acids is 1. The van der Waals surface area contributed by atoms with E-state index in [0.29, 0.717) is 12.2 Å². The van der Waals surface area contributed by atoms with Gasteiger partial charge in [0.15, 0.2) is 0 Å². The maximum atomic E-state index is 12.0. The fourth-order valence-electron chi connectivity index (χ4n) is 2.43. The van der Waals surface area contributed by atoms with Gasteiger partial charge in [0.25, 0.3) is 5.91 Å². The summed E-state index contributed by atoms with van der Waals surface area (Å²) < 4.78 is 1.44. The Morgan fingerprint density at radius 1 is 1.33 bits per heavy atom. The molecular weight excluding hydrogens is 272 g/mol. The number of carboxylic acids is 1. The second kappa shape index (κ2) is 7.80. The molecule has 0 unspecified atom stereocenters. The second-order valence-electron chi connectivity index (χ2n) is 5.12. The lowest BCUT2D eigenvalue weighted by Gasteiger charge is -2.27. The van der Waals surface area contributed by atoms with E-state index in [2.05, 4.69) is 15.5 Å². The molecule has 7 nitrogen and oxygen atoms in total. The standard InChI is InChI=1S/C14H22N4O3/c19-13(20)11-18-8-1-3-12(18)14(21)16-4-2-7-17-9-5-15-6-10-17/h1,3,8,15H,2,4-7,9-11H2,(H,16,21)(H,19,20). The van der Waals surface area contributed by atoms with Gasteiger partial charge in [0.2, 0.25) is 0 Å². The highest BCUT2D eigenvalue weighted by Crippen LogP contribution is 2.02. The Morgan fingerprint density at radius 2 is 2.10 bits per heavy atom. The zero-order chi connectivity index (χ0) is 15.1. The van der Waals surface area contributed by atoms with E-state index in [4.69, 9.17) is 5.11 Å². The fraction of sp³-hybridized carbons (Fsp3) is 0.571. The molecule has 1 fully saturated rings. The lowest BCUT2D eigenvalue weighted by Crippen LogP contribution is -2.44. The van der Waals surface area contributed by atoms with Crippen molar-refractivity contribution >= 4 is 11.9 Å². The second-order valence-corrected chi connectivity index (χ2v) is 5.12. The van der Waals surface area contributed by atoms with Gasteiger partial charge in [-0.25, -0.2) is 0 Å². The number of carboxylic acid groups (broad SMARTS) is 1. The molecule has 21 heavy (non-hydrogen) atoms. The van der Waals surface area contributed by atoms with E-state index in [-0.39, 0.29) is 12.5 Å². The number of nitrogens with one attached hydrogen (secondary N) is 2. The minimum Gasteiger partial charge on any atom is -0.480 e. The summed E-state index contributed by atoms with van der Waals surface area (Å²) in [4.78, 5) is 25.1. The Hall–Kier alpha value is -1.86. The highest BCUT2D eigenvalue weighted by Gasteiger charge is 2.13. The van der Waals surface area contributed by atoms with E-state index in [1.807, 2.05) is 0 Å². The third kappa shape index (κ3) is 4.87. The van der Waals surface area contributed by atoms with Gasteiger partial charge in [-0.2, -0.15) is 0 Å². The molecule has 1 saturated heterocycles. The van der Waals surface area contributed by atoms with Gasteiger partial charge in [-0.05, 0) is 25.1 Å². The average Bonchev–Trinajstić information content (AvgIpc) is 2.92. The minimum atomic E-state index is -0.959. The Morgan fingerprint density at radius 3 is 2.81 bits per heavy atom. The average molecular weight is 294 g/mol. The van der Waals surface area contributed by atoms with Gasteiger partial charge >= 0.3 is 5.97 Å². The van der Waals surface area contributed by atoms with Crippen LogP contribution in [0.15, 0.2) is 18.3 Å². The van der Waals surface area contributed by atoms with E-state index < -0.39 is 5.97 Å². The zero-order valence-corrected chi connectivity index (χ0v) is 12.0. The van der Waals surface area contributed by atoms with E-state index >= 15 is 0 Å². The third-order valence-electron chi connectivity index (χ3n) is 3.51. The molecule has 1 aromatic rings. The van der Waals surface area contributed by atoms with Crippen LogP contribution in [0.4, 0.5) is 0 Å². The van der Waals surface area contributed by atoms with Gasteiger partial charge in [-0.3, -0.25) is 9.59 Å². The first-order valence-corrected chi connectivity index (χ1v) is 7.25. The monoisotopic (exact) mass is 294 g/mol.